The smallest absolute Gasteiger partial charge is 0.228 e. The van der Waals surface area contributed by atoms with E-state index in [-0.39, 0.29) is 5.54 Å². The zero-order chi connectivity index (χ0) is 12.4. The summed E-state index contributed by atoms with van der Waals surface area (Å²) >= 11 is 0. The molecule has 2 aliphatic rings. The highest BCUT2D eigenvalue weighted by molar-refractivity contribution is 5.01. The molecule has 0 spiro atoms. The molecule has 1 saturated heterocycles. The van der Waals surface area contributed by atoms with Crippen LogP contribution < -0.4 is 5.73 Å². The van der Waals surface area contributed by atoms with Crippen molar-refractivity contribution in [3.05, 3.63) is 11.7 Å². The lowest BCUT2D eigenvalue weighted by atomic mass is 9.80. The van der Waals surface area contributed by atoms with Crippen molar-refractivity contribution in [2.45, 2.75) is 56.4 Å². The SMILES string of the molecule is NC1(Cc2nc(C3CCOC3)no2)CCCCC1. The quantitative estimate of drug-likeness (QED) is 0.886. The van der Waals surface area contributed by atoms with Gasteiger partial charge in [0.1, 0.15) is 0 Å². The maximum atomic E-state index is 6.40. The van der Waals surface area contributed by atoms with E-state index >= 15 is 0 Å². The van der Waals surface area contributed by atoms with Gasteiger partial charge >= 0.3 is 0 Å². The fourth-order valence-corrected chi connectivity index (χ4v) is 2.98. The summed E-state index contributed by atoms with van der Waals surface area (Å²) in [6, 6.07) is 0. The fraction of sp³-hybridized carbons (Fsp3) is 0.846. The molecule has 2 fully saturated rings. The molecule has 1 unspecified atom stereocenters. The van der Waals surface area contributed by atoms with Gasteiger partial charge in [-0.1, -0.05) is 24.4 Å². The van der Waals surface area contributed by atoms with Crippen molar-refractivity contribution in [1.82, 2.24) is 10.1 Å². The molecular weight excluding hydrogens is 230 g/mol. The summed E-state index contributed by atoms with van der Waals surface area (Å²) in [5.41, 5.74) is 6.27. The number of hydrogen-bond acceptors (Lipinski definition) is 5. The summed E-state index contributed by atoms with van der Waals surface area (Å²) in [6.07, 6.45) is 7.57. The fourth-order valence-electron chi connectivity index (χ4n) is 2.98. The third kappa shape index (κ3) is 2.57. The average Bonchev–Trinajstić information content (AvgIpc) is 2.99. The van der Waals surface area contributed by atoms with E-state index in [1.54, 1.807) is 0 Å². The molecule has 0 amide bonds. The van der Waals surface area contributed by atoms with Gasteiger partial charge in [0.2, 0.25) is 5.89 Å². The Kier molecular flexibility index (Phi) is 3.35. The maximum Gasteiger partial charge on any atom is 0.228 e. The Bertz CT molecular complexity index is 393. The van der Waals surface area contributed by atoms with Crippen LogP contribution in [-0.2, 0) is 11.2 Å². The second-order valence-electron chi connectivity index (χ2n) is 5.71. The van der Waals surface area contributed by atoms with Gasteiger partial charge in [-0.15, -0.1) is 0 Å². The van der Waals surface area contributed by atoms with E-state index < -0.39 is 0 Å². The lowest BCUT2D eigenvalue weighted by Gasteiger charge is -2.31. The Morgan fingerprint density at radius 3 is 2.83 bits per heavy atom. The van der Waals surface area contributed by atoms with E-state index in [2.05, 4.69) is 10.1 Å². The Labute approximate surface area is 107 Å². The summed E-state index contributed by atoms with van der Waals surface area (Å²) < 4.78 is 10.7. The minimum Gasteiger partial charge on any atom is -0.381 e. The summed E-state index contributed by atoms with van der Waals surface area (Å²) in [5.74, 6) is 1.80. The largest absolute Gasteiger partial charge is 0.381 e. The van der Waals surface area contributed by atoms with Gasteiger partial charge < -0.3 is 15.0 Å². The Morgan fingerprint density at radius 1 is 1.28 bits per heavy atom. The molecule has 1 aliphatic heterocycles. The molecule has 0 aromatic carbocycles. The van der Waals surface area contributed by atoms with Crippen molar-refractivity contribution in [2.75, 3.05) is 13.2 Å². The van der Waals surface area contributed by atoms with Gasteiger partial charge in [0.25, 0.3) is 0 Å². The molecule has 1 aromatic rings. The first-order valence-electron chi connectivity index (χ1n) is 6.94. The van der Waals surface area contributed by atoms with E-state index in [4.69, 9.17) is 15.0 Å². The van der Waals surface area contributed by atoms with Crippen LogP contribution in [0.15, 0.2) is 4.52 Å². The molecule has 0 bridgehead atoms. The molecule has 1 aromatic heterocycles. The van der Waals surface area contributed by atoms with Gasteiger partial charge in [0.15, 0.2) is 5.82 Å². The minimum absolute atomic E-state index is 0.131. The molecule has 0 radical (unpaired) electrons. The van der Waals surface area contributed by atoms with Crippen LogP contribution in [0.2, 0.25) is 0 Å². The molecule has 1 saturated carbocycles. The molecule has 2 heterocycles. The lowest BCUT2D eigenvalue weighted by Crippen LogP contribution is -2.43. The molecule has 18 heavy (non-hydrogen) atoms. The van der Waals surface area contributed by atoms with Crippen molar-refractivity contribution in [3.8, 4) is 0 Å². The average molecular weight is 251 g/mol. The van der Waals surface area contributed by atoms with E-state index in [9.17, 15) is 0 Å². The summed E-state index contributed by atoms with van der Waals surface area (Å²) in [6.45, 7) is 1.52. The number of aromatic nitrogens is 2. The molecule has 5 nitrogen and oxygen atoms in total. The number of nitrogens with zero attached hydrogens (tertiary/aromatic N) is 2. The topological polar surface area (TPSA) is 74.2 Å². The molecule has 3 rings (SSSR count). The highest BCUT2D eigenvalue weighted by Crippen LogP contribution is 2.29. The van der Waals surface area contributed by atoms with E-state index in [1.165, 1.54) is 19.3 Å². The Morgan fingerprint density at radius 2 is 2.11 bits per heavy atom. The van der Waals surface area contributed by atoms with Crippen molar-refractivity contribution >= 4 is 0 Å². The van der Waals surface area contributed by atoms with Gasteiger partial charge in [0, 0.05) is 24.5 Å². The van der Waals surface area contributed by atoms with Crippen LogP contribution in [-0.4, -0.2) is 28.9 Å². The van der Waals surface area contributed by atoms with Gasteiger partial charge in [0.05, 0.1) is 6.61 Å². The Balaban J connectivity index is 1.65. The van der Waals surface area contributed by atoms with E-state index in [0.717, 1.165) is 31.7 Å². The molecule has 2 N–H and O–H groups in total. The first-order chi connectivity index (χ1) is 8.75. The van der Waals surface area contributed by atoms with Crippen molar-refractivity contribution in [2.24, 2.45) is 5.73 Å². The van der Waals surface area contributed by atoms with Crippen molar-refractivity contribution in [1.29, 1.82) is 0 Å². The second-order valence-corrected chi connectivity index (χ2v) is 5.71. The normalized spacial score (nSPS) is 27.5. The number of nitrogens with two attached hydrogens (primary N) is 1. The Hall–Kier alpha value is -0.940. The van der Waals surface area contributed by atoms with Crippen LogP contribution in [0.3, 0.4) is 0 Å². The number of rotatable bonds is 3. The molecule has 1 aliphatic carbocycles. The third-order valence-corrected chi connectivity index (χ3v) is 4.13. The van der Waals surface area contributed by atoms with Crippen LogP contribution in [0.5, 0.6) is 0 Å². The predicted molar refractivity (Wildman–Crippen MR) is 66.2 cm³/mol. The first kappa shape index (κ1) is 12.1. The molecule has 5 heteroatoms. The first-order valence-corrected chi connectivity index (χ1v) is 6.94. The standard InChI is InChI=1S/C13H21N3O2/c14-13(5-2-1-3-6-13)8-11-15-12(16-18-11)10-4-7-17-9-10/h10H,1-9,14H2. The highest BCUT2D eigenvalue weighted by atomic mass is 16.5. The maximum absolute atomic E-state index is 6.40. The highest BCUT2D eigenvalue weighted by Gasteiger charge is 2.31. The van der Waals surface area contributed by atoms with E-state index in [0.29, 0.717) is 24.8 Å². The monoisotopic (exact) mass is 251 g/mol. The van der Waals surface area contributed by atoms with Crippen LogP contribution in [0, 0.1) is 0 Å². The second kappa shape index (κ2) is 4.97. The van der Waals surface area contributed by atoms with E-state index in [1.807, 2.05) is 0 Å². The van der Waals surface area contributed by atoms with Crippen LogP contribution in [0.25, 0.3) is 0 Å². The van der Waals surface area contributed by atoms with Gasteiger partial charge in [-0.3, -0.25) is 0 Å². The summed E-state index contributed by atoms with van der Waals surface area (Å²) in [4.78, 5) is 4.49. The predicted octanol–water partition coefficient (Wildman–Crippen LogP) is 1.78. The minimum atomic E-state index is -0.131. The zero-order valence-corrected chi connectivity index (χ0v) is 10.7. The van der Waals surface area contributed by atoms with Gasteiger partial charge in [-0.25, -0.2) is 0 Å². The molecule has 100 valence electrons. The van der Waals surface area contributed by atoms with Crippen LogP contribution >= 0.6 is 0 Å². The van der Waals surface area contributed by atoms with Crippen LogP contribution in [0.4, 0.5) is 0 Å². The number of hydrogen-bond donors (Lipinski definition) is 1. The van der Waals surface area contributed by atoms with Gasteiger partial charge in [-0.2, -0.15) is 4.98 Å². The van der Waals surface area contributed by atoms with Crippen molar-refractivity contribution in [3.63, 3.8) is 0 Å². The molecular formula is C13H21N3O2. The summed E-state index contributed by atoms with van der Waals surface area (Å²) in [5, 5.41) is 4.07. The summed E-state index contributed by atoms with van der Waals surface area (Å²) in [7, 11) is 0. The van der Waals surface area contributed by atoms with Crippen LogP contribution in [0.1, 0.15) is 56.2 Å². The third-order valence-electron chi connectivity index (χ3n) is 4.13. The van der Waals surface area contributed by atoms with Crippen molar-refractivity contribution < 1.29 is 9.26 Å². The lowest BCUT2D eigenvalue weighted by molar-refractivity contribution is 0.192. The number of ether oxygens (including phenoxy) is 1. The molecule has 1 atom stereocenters. The van der Waals surface area contributed by atoms with Gasteiger partial charge in [-0.05, 0) is 19.3 Å². The zero-order valence-electron chi connectivity index (χ0n) is 10.7.